The van der Waals surface area contributed by atoms with E-state index in [1.165, 1.54) is 17.7 Å². The molecule has 2 N–H and O–H groups in total. The van der Waals surface area contributed by atoms with Gasteiger partial charge in [0.2, 0.25) is 0 Å². The highest BCUT2D eigenvalue weighted by atomic mass is 79.9. The number of halogens is 4. The largest absolute Gasteiger partial charge is 0.422 e. The van der Waals surface area contributed by atoms with E-state index in [9.17, 15) is 18.3 Å². The summed E-state index contributed by atoms with van der Waals surface area (Å²) in [6, 6.07) is 10.8. The standard InChI is InChI=1S/C20H16BrF3N2O2/c21-18-17(12-4-7-13(8-5-12)20(22,23)24)28-19(26-18)25-16-3-1-2-11-6-9-14(27)10-15(11)16/h1-5,7-8,14,27H,6,9-10H2,(H,25,26). The second-order valence-electron chi connectivity index (χ2n) is 6.68. The molecule has 0 radical (unpaired) electrons. The number of benzene rings is 2. The summed E-state index contributed by atoms with van der Waals surface area (Å²) in [5, 5.41) is 13.1. The molecular weight excluding hydrogens is 437 g/mol. The van der Waals surface area contributed by atoms with Gasteiger partial charge in [0, 0.05) is 17.7 Å². The molecule has 1 aromatic heterocycles. The third kappa shape index (κ3) is 3.79. The molecule has 1 heterocycles. The Morgan fingerprint density at radius 1 is 1.14 bits per heavy atom. The van der Waals surface area contributed by atoms with Crippen molar-refractivity contribution in [3.05, 3.63) is 63.8 Å². The third-order valence-electron chi connectivity index (χ3n) is 4.76. The molecule has 4 rings (SSSR count). The maximum absolute atomic E-state index is 12.7. The Morgan fingerprint density at radius 3 is 2.61 bits per heavy atom. The number of aliphatic hydroxyl groups excluding tert-OH is 1. The number of aryl methyl sites for hydroxylation is 1. The molecule has 0 saturated heterocycles. The van der Waals surface area contributed by atoms with E-state index in [2.05, 4.69) is 26.2 Å². The van der Waals surface area contributed by atoms with E-state index in [1.807, 2.05) is 18.2 Å². The van der Waals surface area contributed by atoms with Crippen LogP contribution in [-0.4, -0.2) is 16.2 Å². The summed E-state index contributed by atoms with van der Waals surface area (Å²) in [4.78, 5) is 4.28. The Morgan fingerprint density at radius 2 is 1.89 bits per heavy atom. The molecule has 4 nitrogen and oxygen atoms in total. The number of aliphatic hydroxyl groups is 1. The minimum Gasteiger partial charge on any atom is -0.422 e. The number of oxazole rings is 1. The molecule has 0 aliphatic heterocycles. The summed E-state index contributed by atoms with van der Waals surface area (Å²) in [7, 11) is 0. The van der Waals surface area contributed by atoms with Crippen LogP contribution in [0.5, 0.6) is 0 Å². The minimum absolute atomic E-state index is 0.218. The van der Waals surface area contributed by atoms with Crippen molar-refractivity contribution in [2.45, 2.75) is 31.5 Å². The SMILES string of the molecule is OC1CCc2cccc(Nc3nc(Br)c(-c4ccc(C(F)(F)F)cc4)o3)c2C1. The molecule has 8 heteroatoms. The Hall–Kier alpha value is -2.32. The number of hydrogen-bond acceptors (Lipinski definition) is 4. The van der Waals surface area contributed by atoms with Crippen LogP contribution in [0.15, 0.2) is 51.5 Å². The number of nitrogens with zero attached hydrogens (tertiary/aromatic N) is 1. The van der Waals surface area contributed by atoms with Crippen LogP contribution in [0, 0.1) is 0 Å². The zero-order chi connectivity index (χ0) is 19.9. The molecule has 28 heavy (non-hydrogen) atoms. The van der Waals surface area contributed by atoms with Gasteiger partial charge in [0.1, 0.15) is 0 Å². The molecule has 3 aromatic rings. The maximum Gasteiger partial charge on any atom is 0.416 e. The van der Waals surface area contributed by atoms with Gasteiger partial charge in [-0.1, -0.05) is 24.3 Å². The highest BCUT2D eigenvalue weighted by Crippen LogP contribution is 2.36. The van der Waals surface area contributed by atoms with Crippen LogP contribution in [-0.2, 0) is 19.0 Å². The molecule has 1 aliphatic rings. The highest BCUT2D eigenvalue weighted by molar-refractivity contribution is 9.10. The van der Waals surface area contributed by atoms with Crippen molar-refractivity contribution in [3.8, 4) is 11.3 Å². The first-order chi connectivity index (χ1) is 13.3. The van der Waals surface area contributed by atoms with Gasteiger partial charge < -0.3 is 14.8 Å². The lowest BCUT2D eigenvalue weighted by Crippen LogP contribution is -2.19. The summed E-state index contributed by atoms with van der Waals surface area (Å²) in [6.07, 6.45) is -2.68. The first-order valence-corrected chi connectivity index (χ1v) is 9.50. The van der Waals surface area contributed by atoms with Gasteiger partial charge in [-0.3, -0.25) is 0 Å². The summed E-state index contributed by atoms with van der Waals surface area (Å²) < 4.78 is 44.3. The van der Waals surface area contributed by atoms with Crippen molar-refractivity contribution in [1.82, 2.24) is 4.98 Å². The second kappa shape index (κ2) is 7.25. The molecule has 1 atom stereocenters. The van der Waals surface area contributed by atoms with Crippen LogP contribution in [0.2, 0.25) is 0 Å². The predicted molar refractivity (Wildman–Crippen MR) is 102 cm³/mol. The highest BCUT2D eigenvalue weighted by Gasteiger charge is 2.30. The van der Waals surface area contributed by atoms with Crippen LogP contribution in [0.3, 0.4) is 0 Å². The number of fused-ring (bicyclic) bond motifs is 1. The number of nitrogens with one attached hydrogen (secondary N) is 1. The van der Waals surface area contributed by atoms with E-state index in [0.717, 1.165) is 36.2 Å². The molecule has 1 aliphatic carbocycles. The number of alkyl halides is 3. The number of hydrogen-bond donors (Lipinski definition) is 2. The monoisotopic (exact) mass is 452 g/mol. The summed E-state index contributed by atoms with van der Waals surface area (Å²) in [5.41, 5.74) is 2.74. The van der Waals surface area contributed by atoms with Crippen LogP contribution in [0.4, 0.5) is 24.9 Å². The lowest BCUT2D eigenvalue weighted by Gasteiger charge is -2.23. The fourth-order valence-corrected chi connectivity index (χ4v) is 3.82. The molecule has 0 fully saturated rings. The van der Waals surface area contributed by atoms with Crippen LogP contribution in [0.25, 0.3) is 11.3 Å². The Labute approximate surface area is 167 Å². The van der Waals surface area contributed by atoms with Crippen LogP contribution in [0.1, 0.15) is 23.1 Å². The predicted octanol–water partition coefficient (Wildman–Crippen LogP) is 5.72. The molecular formula is C20H16BrF3N2O2. The smallest absolute Gasteiger partial charge is 0.416 e. The van der Waals surface area contributed by atoms with Gasteiger partial charge in [0.25, 0.3) is 0 Å². The van der Waals surface area contributed by atoms with Gasteiger partial charge in [-0.05, 0) is 58.1 Å². The number of rotatable bonds is 3. The number of anilines is 2. The summed E-state index contributed by atoms with van der Waals surface area (Å²) in [5.74, 6) is 0.334. The number of aromatic nitrogens is 1. The molecule has 0 spiro atoms. The third-order valence-corrected chi connectivity index (χ3v) is 5.30. The van der Waals surface area contributed by atoms with Crippen molar-refractivity contribution in [2.75, 3.05) is 5.32 Å². The first kappa shape index (κ1) is 19.0. The minimum atomic E-state index is -4.39. The van der Waals surface area contributed by atoms with Crippen molar-refractivity contribution in [1.29, 1.82) is 0 Å². The molecule has 2 aromatic carbocycles. The molecule has 1 unspecified atom stereocenters. The van der Waals surface area contributed by atoms with Crippen molar-refractivity contribution >= 4 is 27.6 Å². The zero-order valence-electron chi connectivity index (χ0n) is 14.6. The van der Waals surface area contributed by atoms with Gasteiger partial charge in [0.15, 0.2) is 10.4 Å². The Kier molecular flexibility index (Phi) is 4.93. The summed E-state index contributed by atoms with van der Waals surface area (Å²) in [6.45, 7) is 0. The molecule has 0 amide bonds. The topological polar surface area (TPSA) is 58.3 Å². The van der Waals surface area contributed by atoms with Gasteiger partial charge in [-0.25, -0.2) is 0 Å². The maximum atomic E-state index is 12.7. The van der Waals surface area contributed by atoms with E-state index in [4.69, 9.17) is 4.42 Å². The molecule has 146 valence electrons. The van der Waals surface area contributed by atoms with Crippen molar-refractivity contribution in [3.63, 3.8) is 0 Å². The van der Waals surface area contributed by atoms with Gasteiger partial charge >= 0.3 is 12.2 Å². The lowest BCUT2D eigenvalue weighted by atomic mass is 9.88. The quantitative estimate of drug-likeness (QED) is 0.533. The first-order valence-electron chi connectivity index (χ1n) is 8.71. The van der Waals surface area contributed by atoms with E-state index in [-0.39, 0.29) is 12.1 Å². The van der Waals surface area contributed by atoms with E-state index in [0.29, 0.717) is 22.3 Å². The van der Waals surface area contributed by atoms with Gasteiger partial charge in [-0.15, -0.1) is 0 Å². The Bertz CT molecular complexity index is 1000. The Balaban J connectivity index is 1.61. The zero-order valence-corrected chi connectivity index (χ0v) is 16.1. The fourth-order valence-electron chi connectivity index (χ4n) is 3.35. The molecule has 0 saturated carbocycles. The average Bonchev–Trinajstić information content (AvgIpc) is 3.02. The van der Waals surface area contributed by atoms with E-state index < -0.39 is 11.7 Å². The van der Waals surface area contributed by atoms with Crippen molar-refractivity contribution < 1.29 is 22.7 Å². The van der Waals surface area contributed by atoms with E-state index >= 15 is 0 Å². The van der Waals surface area contributed by atoms with Crippen LogP contribution < -0.4 is 5.32 Å². The average molecular weight is 453 g/mol. The van der Waals surface area contributed by atoms with Crippen molar-refractivity contribution in [2.24, 2.45) is 0 Å². The fraction of sp³-hybridized carbons (Fsp3) is 0.250. The van der Waals surface area contributed by atoms with E-state index in [1.54, 1.807) is 0 Å². The summed E-state index contributed by atoms with van der Waals surface area (Å²) >= 11 is 3.30. The lowest BCUT2D eigenvalue weighted by molar-refractivity contribution is -0.137. The van der Waals surface area contributed by atoms with Gasteiger partial charge in [-0.2, -0.15) is 18.2 Å². The normalized spacial score (nSPS) is 16.7. The second-order valence-corrected chi connectivity index (χ2v) is 7.43. The molecule has 0 bridgehead atoms. The van der Waals surface area contributed by atoms with Gasteiger partial charge in [0.05, 0.1) is 11.7 Å². The van der Waals surface area contributed by atoms with Crippen LogP contribution >= 0.6 is 15.9 Å².